The van der Waals surface area contributed by atoms with Crippen molar-refractivity contribution in [3.8, 4) is 0 Å². The van der Waals surface area contributed by atoms with Gasteiger partial charge in [-0.05, 0) is 30.5 Å². The van der Waals surface area contributed by atoms with Gasteiger partial charge in [0.05, 0.1) is 0 Å². The van der Waals surface area contributed by atoms with Crippen molar-refractivity contribution < 1.29 is 4.79 Å². The predicted octanol–water partition coefficient (Wildman–Crippen LogP) is 2.10. The summed E-state index contributed by atoms with van der Waals surface area (Å²) in [5.41, 5.74) is 7.37. The maximum atomic E-state index is 10.8. The lowest BCUT2D eigenvalue weighted by Crippen LogP contribution is -2.32. The third kappa shape index (κ3) is 3.27. The highest BCUT2D eigenvalue weighted by molar-refractivity contribution is 5.82. The Morgan fingerprint density at radius 3 is 2.13 bits per heavy atom. The Balaban J connectivity index is 2.68. The van der Waals surface area contributed by atoms with E-state index in [4.69, 9.17) is 5.73 Å². The largest absolute Gasteiger partial charge is 0.374 e. The van der Waals surface area contributed by atoms with Crippen molar-refractivity contribution in [2.24, 2.45) is 5.73 Å². The number of primary amides is 1. The first-order chi connectivity index (χ1) is 7.00. The number of benzene rings is 1. The molecule has 0 radical (unpaired) electrons. The molecule has 1 atom stereocenters. The zero-order valence-corrected chi connectivity index (χ0v) is 9.45. The molecule has 3 N–H and O–H groups in total. The van der Waals surface area contributed by atoms with Gasteiger partial charge in [-0.3, -0.25) is 4.79 Å². The van der Waals surface area contributed by atoms with E-state index in [2.05, 4.69) is 31.3 Å². The normalized spacial score (nSPS) is 12.5. The second-order valence-corrected chi connectivity index (χ2v) is 4.05. The fourth-order valence-electron chi connectivity index (χ4n) is 1.29. The summed E-state index contributed by atoms with van der Waals surface area (Å²) in [7, 11) is 0. The van der Waals surface area contributed by atoms with E-state index in [1.165, 1.54) is 5.56 Å². The van der Waals surface area contributed by atoms with Gasteiger partial charge in [0, 0.05) is 5.69 Å². The molecule has 1 unspecified atom stereocenters. The molecule has 0 saturated carbocycles. The molecule has 0 aromatic heterocycles. The average Bonchev–Trinajstić information content (AvgIpc) is 2.18. The number of nitrogens with two attached hydrogens (primary N) is 1. The van der Waals surface area contributed by atoms with E-state index in [0.717, 1.165) is 5.69 Å². The number of carbonyl (C=O) groups excluding carboxylic acids is 1. The molecule has 0 fully saturated rings. The fourth-order valence-corrected chi connectivity index (χ4v) is 1.29. The van der Waals surface area contributed by atoms with Crippen LogP contribution >= 0.6 is 0 Å². The van der Waals surface area contributed by atoms with Gasteiger partial charge in [-0.2, -0.15) is 0 Å². The Labute approximate surface area is 90.7 Å². The van der Waals surface area contributed by atoms with Gasteiger partial charge in [0.2, 0.25) is 5.91 Å². The monoisotopic (exact) mass is 206 g/mol. The van der Waals surface area contributed by atoms with Crippen LogP contribution in [0.5, 0.6) is 0 Å². The Bertz CT molecular complexity index is 330. The SMILES string of the molecule is CC(Nc1ccc(C(C)C)cc1)C(N)=O. The standard InChI is InChI=1S/C12H18N2O/c1-8(2)10-4-6-11(7-5-10)14-9(3)12(13)15/h4-9,14H,1-3H3,(H2,13,15). The Morgan fingerprint density at radius 1 is 1.20 bits per heavy atom. The van der Waals surface area contributed by atoms with Gasteiger partial charge < -0.3 is 11.1 Å². The zero-order valence-electron chi connectivity index (χ0n) is 9.45. The minimum absolute atomic E-state index is 0.338. The third-order valence-electron chi connectivity index (χ3n) is 2.39. The predicted molar refractivity (Wildman–Crippen MR) is 62.8 cm³/mol. The second kappa shape index (κ2) is 4.82. The van der Waals surface area contributed by atoms with E-state index in [0.29, 0.717) is 5.92 Å². The van der Waals surface area contributed by atoms with Gasteiger partial charge in [-0.1, -0.05) is 26.0 Å². The molecule has 1 rings (SSSR count). The summed E-state index contributed by atoms with van der Waals surface area (Å²) in [6, 6.07) is 7.71. The molecule has 0 heterocycles. The van der Waals surface area contributed by atoms with Gasteiger partial charge in [0.1, 0.15) is 6.04 Å². The topological polar surface area (TPSA) is 55.1 Å². The number of hydrogen-bond donors (Lipinski definition) is 2. The molecule has 3 nitrogen and oxygen atoms in total. The first-order valence-electron chi connectivity index (χ1n) is 5.16. The first-order valence-corrected chi connectivity index (χ1v) is 5.16. The van der Waals surface area contributed by atoms with Gasteiger partial charge in [0.25, 0.3) is 0 Å². The van der Waals surface area contributed by atoms with E-state index >= 15 is 0 Å². The molecule has 1 aromatic carbocycles. The molecule has 1 amide bonds. The Kier molecular flexibility index (Phi) is 3.72. The van der Waals surface area contributed by atoms with Crippen molar-refractivity contribution in [3.05, 3.63) is 29.8 Å². The van der Waals surface area contributed by atoms with Crippen molar-refractivity contribution in [1.29, 1.82) is 0 Å². The Morgan fingerprint density at radius 2 is 1.73 bits per heavy atom. The third-order valence-corrected chi connectivity index (χ3v) is 2.39. The van der Waals surface area contributed by atoms with Crippen LogP contribution in [0.1, 0.15) is 32.3 Å². The summed E-state index contributed by atoms with van der Waals surface area (Å²) < 4.78 is 0. The average molecular weight is 206 g/mol. The first kappa shape index (κ1) is 11.6. The van der Waals surface area contributed by atoms with Crippen LogP contribution < -0.4 is 11.1 Å². The van der Waals surface area contributed by atoms with Crippen molar-refractivity contribution in [2.45, 2.75) is 32.7 Å². The lowest BCUT2D eigenvalue weighted by Gasteiger charge is -2.12. The molecule has 0 saturated heterocycles. The van der Waals surface area contributed by atoms with Crippen molar-refractivity contribution >= 4 is 11.6 Å². The number of hydrogen-bond acceptors (Lipinski definition) is 2. The smallest absolute Gasteiger partial charge is 0.239 e. The number of carbonyl (C=O) groups is 1. The number of amides is 1. The van der Waals surface area contributed by atoms with Crippen LogP contribution in [-0.4, -0.2) is 11.9 Å². The van der Waals surface area contributed by atoms with Crippen LogP contribution in [0.15, 0.2) is 24.3 Å². The molecular formula is C12H18N2O. The maximum Gasteiger partial charge on any atom is 0.239 e. The molecule has 0 aliphatic rings. The quantitative estimate of drug-likeness (QED) is 0.792. The maximum absolute atomic E-state index is 10.8. The molecule has 1 aromatic rings. The lowest BCUT2D eigenvalue weighted by atomic mass is 10.0. The number of rotatable bonds is 4. The van der Waals surface area contributed by atoms with Crippen LogP contribution in [0.25, 0.3) is 0 Å². The molecular weight excluding hydrogens is 188 g/mol. The van der Waals surface area contributed by atoms with E-state index in [-0.39, 0.29) is 11.9 Å². The lowest BCUT2D eigenvalue weighted by molar-refractivity contribution is -0.118. The van der Waals surface area contributed by atoms with Gasteiger partial charge >= 0.3 is 0 Å². The van der Waals surface area contributed by atoms with Crippen molar-refractivity contribution in [1.82, 2.24) is 0 Å². The fraction of sp³-hybridized carbons (Fsp3) is 0.417. The van der Waals surface area contributed by atoms with E-state index in [1.807, 2.05) is 12.1 Å². The highest BCUT2D eigenvalue weighted by atomic mass is 16.1. The minimum Gasteiger partial charge on any atom is -0.374 e. The van der Waals surface area contributed by atoms with E-state index < -0.39 is 0 Å². The summed E-state index contributed by atoms with van der Waals surface area (Å²) in [4.78, 5) is 10.8. The zero-order chi connectivity index (χ0) is 11.4. The summed E-state index contributed by atoms with van der Waals surface area (Å²) >= 11 is 0. The van der Waals surface area contributed by atoms with Crippen LogP contribution in [0.3, 0.4) is 0 Å². The molecule has 15 heavy (non-hydrogen) atoms. The van der Waals surface area contributed by atoms with Gasteiger partial charge in [-0.25, -0.2) is 0 Å². The molecule has 0 bridgehead atoms. The van der Waals surface area contributed by atoms with E-state index in [1.54, 1.807) is 6.92 Å². The minimum atomic E-state index is -0.345. The molecule has 3 heteroatoms. The summed E-state index contributed by atoms with van der Waals surface area (Å²) in [5.74, 6) is 0.176. The number of nitrogens with one attached hydrogen (secondary N) is 1. The molecule has 0 spiro atoms. The van der Waals surface area contributed by atoms with Crippen LogP contribution in [-0.2, 0) is 4.79 Å². The molecule has 0 aliphatic carbocycles. The van der Waals surface area contributed by atoms with Crippen LogP contribution in [0.2, 0.25) is 0 Å². The van der Waals surface area contributed by atoms with E-state index in [9.17, 15) is 4.79 Å². The summed E-state index contributed by atoms with van der Waals surface area (Å²) in [5, 5.41) is 3.03. The summed E-state index contributed by atoms with van der Waals surface area (Å²) in [6.07, 6.45) is 0. The second-order valence-electron chi connectivity index (χ2n) is 4.05. The number of anilines is 1. The van der Waals surface area contributed by atoms with Gasteiger partial charge in [0.15, 0.2) is 0 Å². The highest BCUT2D eigenvalue weighted by Crippen LogP contribution is 2.17. The molecule has 0 aliphatic heterocycles. The summed E-state index contributed by atoms with van der Waals surface area (Å²) in [6.45, 7) is 6.04. The van der Waals surface area contributed by atoms with Crippen molar-refractivity contribution in [3.63, 3.8) is 0 Å². The van der Waals surface area contributed by atoms with Crippen molar-refractivity contribution in [2.75, 3.05) is 5.32 Å². The molecule has 82 valence electrons. The highest BCUT2D eigenvalue weighted by Gasteiger charge is 2.07. The van der Waals surface area contributed by atoms with Crippen LogP contribution in [0, 0.1) is 0 Å². The Hall–Kier alpha value is -1.51. The van der Waals surface area contributed by atoms with Crippen LogP contribution in [0.4, 0.5) is 5.69 Å². The van der Waals surface area contributed by atoms with Gasteiger partial charge in [-0.15, -0.1) is 0 Å².